The number of sulfonamides is 1. The van der Waals surface area contributed by atoms with Gasteiger partial charge >= 0.3 is 0 Å². The molecule has 0 amide bonds. The fraction of sp³-hybridized carbons (Fsp3) is 1.00. The zero-order chi connectivity index (χ0) is 13.6. The first-order valence-electron chi connectivity index (χ1n) is 6.36. The molecule has 1 heterocycles. The van der Waals surface area contributed by atoms with Crippen LogP contribution in [-0.4, -0.2) is 76.2 Å². The van der Waals surface area contributed by atoms with Crippen molar-refractivity contribution in [3.8, 4) is 0 Å². The zero-order valence-electron chi connectivity index (χ0n) is 11.2. The average Bonchev–Trinajstić information content (AvgIpc) is 2.31. The Hall–Kier alpha value is 0.120. The molecular formula is C11H24ClN3O2S. The van der Waals surface area contributed by atoms with Gasteiger partial charge in [-0.05, 0) is 26.9 Å². The van der Waals surface area contributed by atoms with E-state index in [1.165, 1.54) is 0 Å². The van der Waals surface area contributed by atoms with E-state index >= 15 is 0 Å². The molecule has 1 saturated heterocycles. The van der Waals surface area contributed by atoms with E-state index < -0.39 is 10.0 Å². The molecule has 0 radical (unpaired) electrons. The van der Waals surface area contributed by atoms with Gasteiger partial charge in [0.2, 0.25) is 10.0 Å². The topological polar surface area (TPSA) is 52.6 Å². The molecule has 1 aliphatic rings. The highest BCUT2D eigenvalue weighted by atomic mass is 35.5. The minimum atomic E-state index is -3.15. The van der Waals surface area contributed by atoms with Crippen LogP contribution >= 0.6 is 11.6 Å². The van der Waals surface area contributed by atoms with Gasteiger partial charge in [-0.1, -0.05) is 0 Å². The van der Waals surface area contributed by atoms with E-state index in [-0.39, 0.29) is 11.8 Å². The van der Waals surface area contributed by atoms with Crippen LogP contribution in [0.5, 0.6) is 0 Å². The van der Waals surface area contributed by atoms with Crippen LogP contribution in [-0.2, 0) is 10.0 Å². The molecule has 1 aliphatic heterocycles. The van der Waals surface area contributed by atoms with Gasteiger partial charge in [0.25, 0.3) is 0 Å². The Morgan fingerprint density at radius 2 is 2.00 bits per heavy atom. The Kier molecular flexibility index (Phi) is 6.87. The fourth-order valence-corrected chi connectivity index (χ4v) is 3.37. The van der Waals surface area contributed by atoms with Gasteiger partial charge in [-0.25, -0.2) is 13.1 Å². The number of hydrogen-bond donors (Lipinski definition) is 1. The van der Waals surface area contributed by atoms with Crippen molar-refractivity contribution in [3.05, 3.63) is 0 Å². The maximum Gasteiger partial charge on any atom is 0.211 e. The molecule has 0 aromatic rings. The molecule has 1 rings (SSSR count). The average molecular weight is 298 g/mol. The lowest BCUT2D eigenvalue weighted by molar-refractivity contribution is 0.117. The summed E-state index contributed by atoms with van der Waals surface area (Å²) in [7, 11) is 0.958. The quantitative estimate of drug-likeness (QED) is 0.538. The molecule has 5 nitrogen and oxygen atoms in total. The second kappa shape index (κ2) is 7.65. The van der Waals surface area contributed by atoms with Crippen molar-refractivity contribution in [2.75, 3.05) is 51.9 Å². The number of unbranched alkanes of at least 4 members (excludes halogenated alkanes) is 1. The summed E-state index contributed by atoms with van der Waals surface area (Å²) >= 11 is 5.54. The standard InChI is InChI=1S/C11H24ClN3O2S/c1-14-6-7-15(2)11(10-14)9-13-18(16,17)8-4-3-5-12/h11,13H,3-10H2,1-2H3. The highest BCUT2D eigenvalue weighted by Gasteiger charge is 2.23. The van der Waals surface area contributed by atoms with Gasteiger partial charge in [0.05, 0.1) is 5.75 Å². The minimum absolute atomic E-state index is 0.173. The maximum absolute atomic E-state index is 11.7. The SMILES string of the molecule is CN1CCN(C)C(CNS(=O)(=O)CCCCCl)C1. The Morgan fingerprint density at radius 1 is 1.28 bits per heavy atom. The molecule has 108 valence electrons. The summed E-state index contributed by atoms with van der Waals surface area (Å²) in [4.78, 5) is 4.44. The molecule has 7 heteroatoms. The van der Waals surface area contributed by atoms with E-state index in [9.17, 15) is 8.42 Å². The van der Waals surface area contributed by atoms with E-state index in [1.54, 1.807) is 0 Å². The lowest BCUT2D eigenvalue weighted by atomic mass is 10.2. The molecule has 0 aromatic carbocycles. The third-order valence-corrected chi connectivity index (χ3v) is 5.02. The normalized spacial score (nSPS) is 23.4. The number of halogens is 1. The molecule has 0 spiro atoms. The summed E-state index contributed by atoms with van der Waals surface area (Å²) in [5.74, 6) is 0.692. The fourth-order valence-electron chi connectivity index (χ4n) is 2.00. The second-order valence-corrected chi connectivity index (χ2v) is 7.26. The molecule has 0 aliphatic carbocycles. The van der Waals surface area contributed by atoms with E-state index in [1.807, 2.05) is 7.05 Å². The molecule has 1 N–H and O–H groups in total. The van der Waals surface area contributed by atoms with E-state index in [0.717, 1.165) is 26.1 Å². The smallest absolute Gasteiger partial charge is 0.211 e. The predicted molar refractivity (Wildman–Crippen MR) is 75.7 cm³/mol. The van der Waals surface area contributed by atoms with Crippen LogP contribution < -0.4 is 4.72 Å². The first kappa shape index (κ1) is 16.2. The number of likely N-dealkylation sites (N-methyl/N-ethyl adjacent to an activating group) is 2. The Morgan fingerprint density at radius 3 is 2.67 bits per heavy atom. The minimum Gasteiger partial charge on any atom is -0.303 e. The third-order valence-electron chi connectivity index (χ3n) is 3.32. The van der Waals surface area contributed by atoms with Crippen molar-refractivity contribution in [1.29, 1.82) is 0 Å². The van der Waals surface area contributed by atoms with Crippen molar-refractivity contribution < 1.29 is 8.42 Å². The molecule has 18 heavy (non-hydrogen) atoms. The molecule has 1 fully saturated rings. The highest BCUT2D eigenvalue weighted by molar-refractivity contribution is 7.89. The van der Waals surface area contributed by atoms with E-state index in [2.05, 4.69) is 21.6 Å². The van der Waals surface area contributed by atoms with Gasteiger partial charge in [0, 0.05) is 38.1 Å². The van der Waals surface area contributed by atoms with E-state index in [4.69, 9.17) is 11.6 Å². The second-order valence-electron chi connectivity index (χ2n) is 4.96. The first-order valence-corrected chi connectivity index (χ1v) is 8.55. The van der Waals surface area contributed by atoms with Gasteiger partial charge in [0.1, 0.15) is 0 Å². The van der Waals surface area contributed by atoms with Gasteiger partial charge in [-0.3, -0.25) is 4.90 Å². The van der Waals surface area contributed by atoms with Crippen LogP contribution in [0.2, 0.25) is 0 Å². The number of hydrogen-bond acceptors (Lipinski definition) is 4. The Balaban J connectivity index is 2.34. The summed E-state index contributed by atoms with van der Waals surface area (Å²) in [6, 6.07) is 0.256. The lowest BCUT2D eigenvalue weighted by Crippen LogP contribution is -2.54. The van der Waals surface area contributed by atoms with Crippen molar-refractivity contribution in [3.63, 3.8) is 0 Å². The number of nitrogens with one attached hydrogen (secondary N) is 1. The first-order chi connectivity index (χ1) is 8.44. The number of rotatable bonds is 7. The van der Waals surface area contributed by atoms with E-state index in [0.29, 0.717) is 18.8 Å². The summed E-state index contributed by atoms with van der Waals surface area (Å²) < 4.78 is 26.2. The maximum atomic E-state index is 11.7. The summed E-state index contributed by atoms with van der Waals surface area (Å²) in [6.07, 6.45) is 1.37. The third kappa shape index (κ3) is 5.84. The van der Waals surface area contributed by atoms with Gasteiger partial charge in [-0.2, -0.15) is 0 Å². The number of piperazine rings is 1. The van der Waals surface area contributed by atoms with Crippen LogP contribution in [0.1, 0.15) is 12.8 Å². The lowest BCUT2D eigenvalue weighted by Gasteiger charge is -2.37. The van der Waals surface area contributed by atoms with Gasteiger partial charge in [0.15, 0.2) is 0 Å². The monoisotopic (exact) mass is 297 g/mol. The zero-order valence-corrected chi connectivity index (χ0v) is 12.8. The van der Waals surface area contributed by atoms with Crippen molar-refractivity contribution in [1.82, 2.24) is 14.5 Å². The van der Waals surface area contributed by atoms with Crippen LogP contribution in [0, 0.1) is 0 Å². The van der Waals surface area contributed by atoms with Crippen molar-refractivity contribution in [2.24, 2.45) is 0 Å². The number of alkyl halides is 1. The van der Waals surface area contributed by atoms with Crippen LogP contribution in [0.15, 0.2) is 0 Å². The summed E-state index contributed by atoms with van der Waals surface area (Å²) in [5.41, 5.74) is 0. The molecule has 0 saturated carbocycles. The van der Waals surface area contributed by atoms with Crippen LogP contribution in [0.3, 0.4) is 0 Å². The van der Waals surface area contributed by atoms with Gasteiger partial charge in [-0.15, -0.1) is 11.6 Å². The predicted octanol–water partition coefficient (Wildman–Crippen LogP) is 0.171. The van der Waals surface area contributed by atoms with Crippen LogP contribution in [0.4, 0.5) is 0 Å². The number of nitrogens with zero attached hydrogens (tertiary/aromatic N) is 2. The molecule has 1 unspecified atom stereocenters. The molecule has 0 aromatic heterocycles. The Bertz CT molecular complexity index is 337. The van der Waals surface area contributed by atoms with Crippen molar-refractivity contribution in [2.45, 2.75) is 18.9 Å². The van der Waals surface area contributed by atoms with Gasteiger partial charge < -0.3 is 4.90 Å². The van der Waals surface area contributed by atoms with Crippen LogP contribution in [0.25, 0.3) is 0 Å². The highest BCUT2D eigenvalue weighted by Crippen LogP contribution is 2.05. The molecule has 0 bridgehead atoms. The summed E-state index contributed by atoms with van der Waals surface area (Å²) in [5, 5.41) is 0. The largest absolute Gasteiger partial charge is 0.303 e. The molecule has 1 atom stereocenters. The van der Waals surface area contributed by atoms with Crippen molar-refractivity contribution >= 4 is 21.6 Å². The molecular weight excluding hydrogens is 274 g/mol. The Labute approximate surface area is 116 Å². The summed E-state index contributed by atoms with van der Waals surface area (Å²) in [6.45, 7) is 3.41.